The maximum absolute atomic E-state index is 14.7. The largest absolute Gasteiger partial charge is 0.480 e. The number of carboxylic acids is 1. The van der Waals surface area contributed by atoms with Crippen LogP contribution >= 0.6 is 0 Å². The first kappa shape index (κ1) is 27.5. The molecule has 0 radical (unpaired) electrons. The van der Waals surface area contributed by atoms with Gasteiger partial charge in [-0.25, -0.2) is 4.79 Å². The molecule has 2 aliphatic heterocycles. The van der Waals surface area contributed by atoms with Gasteiger partial charge >= 0.3 is 5.97 Å². The third kappa shape index (κ3) is 4.67. The Morgan fingerprint density at radius 2 is 1.17 bits per heavy atom. The minimum atomic E-state index is -1.15. The minimum Gasteiger partial charge on any atom is -0.480 e. The van der Waals surface area contributed by atoms with Crippen LogP contribution < -0.4 is 0 Å². The molecule has 2 aliphatic rings. The van der Waals surface area contributed by atoms with E-state index in [0.29, 0.717) is 12.8 Å². The van der Waals surface area contributed by atoms with Gasteiger partial charge in [0.25, 0.3) is 0 Å². The minimum absolute atomic E-state index is 0.118. The van der Waals surface area contributed by atoms with Gasteiger partial charge in [-0.1, -0.05) is 121 Å². The molecule has 0 aliphatic carbocycles. The Kier molecular flexibility index (Phi) is 7.38. The highest BCUT2D eigenvalue weighted by Crippen LogP contribution is 2.42. The summed E-state index contributed by atoms with van der Waals surface area (Å²) in [6.45, 7) is 2.04. The highest BCUT2D eigenvalue weighted by molar-refractivity contribution is 5.96. The summed E-state index contributed by atoms with van der Waals surface area (Å²) < 4.78 is 0. The Labute approximate surface area is 246 Å². The number of fused-ring (bicyclic) bond motifs is 2. The summed E-state index contributed by atoms with van der Waals surface area (Å²) in [5, 5.41) is 10.6. The first-order valence-corrected chi connectivity index (χ1v) is 14.5. The number of amides is 2. The van der Waals surface area contributed by atoms with Crippen molar-refractivity contribution in [3.8, 4) is 0 Å². The fraction of sp³-hybridized carbons (Fsp3) is 0.250. The van der Waals surface area contributed by atoms with E-state index in [1.165, 1.54) is 4.90 Å². The van der Waals surface area contributed by atoms with Crippen LogP contribution in [0, 0.1) is 0 Å². The standard InChI is InChI=1S/C36H34N2O4/c1-36(27-18-10-4-11-19-27,28-20-12-5-13-21-28)35(42)37-24-29-22-23-30(32(37)34(40)41)38(29)33(39)31(25-14-6-2-7-15-25)26-16-8-3-9-17-26/h2-21,29-32H,22-24H2,1H3,(H,40,41)/t29-,30+,32-/m0/s1. The zero-order valence-electron chi connectivity index (χ0n) is 23.5. The Morgan fingerprint density at radius 3 is 1.62 bits per heavy atom. The number of nitrogens with zero attached hydrogens (tertiary/aromatic N) is 2. The number of likely N-dealkylation sites (tertiary alicyclic amines) is 1. The van der Waals surface area contributed by atoms with Crippen LogP contribution in [-0.4, -0.2) is 57.4 Å². The van der Waals surface area contributed by atoms with E-state index >= 15 is 0 Å². The van der Waals surface area contributed by atoms with Gasteiger partial charge in [0, 0.05) is 12.6 Å². The first-order valence-electron chi connectivity index (χ1n) is 14.5. The average molecular weight is 559 g/mol. The van der Waals surface area contributed by atoms with Crippen molar-refractivity contribution in [2.24, 2.45) is 0 Å². The van der Waals surface area contributed by atoms with E-state index in [4.69, 9.17) is 0 Å². The zero-order chi connectivity index (χ0) is 29.3. The summed E-state index contributed by atoms with van der Waals surface area (Å²) in [5.74, 6) is -2.04. The molecule has 1 N–H and O–H groups in total. The highest BCUT2D eigenvalue weighted by atomic mass is 16.4. The van der Waals surface area contributed by atoms with E-state index in [9.17, 15) is 19.5 Å². The normalized spacial score (nSPS) is 20.0. The molecule has 6 rings (SSSR count). The van der Waals surface area contributed by atoms with Crippen molar-refractivity contribution in [1.29, 1.82) is 0 Å². The third-order valence-electron chi connectivity index (χ3n) is 9.07. The predicted molar refractivity (Wildman–Crippen MR) is 161 cm³/mol. The molecular formula is C36H34N2O4. The second-order valence-electron chi connectivity index (χ2n) is 11.4. The van der Waals surface area contributed by atoms with Crippen LogP contribution in [0.3, 0.4) is 0 Å². The second kappa shape index (κ2) is 11.3. The fourth-order valence-electron chi connectivity index (χ4n) is 6.96. The van der Waals surface area contributed by atoms with E-state index in [-0.39, 0.29) is 24.4 Å². The lowest BCUT2D eigenvalue weighted by Crippen LogP contribution is -2.67. The molecule has 0 unspecified atom stereocenters. The molecule has 0 saturated carbocycles. The van der Waals surface area contributed by atoms with Crippen molar-refractivity contribution >= 4 is 17.8 Å². The number of hydrogen-bond acceptors (Lipinski definition) is 3. The number of piperazine rings is 1. The topological polar surface area (TPSA) is 77.9 Å². The van der Waals surface area contributed by atoms with Crippen LogP contribution in [0.4, 0.5) is 0 Å². The van der Waals surface area contributed by atoms with Gasteiger partial charge in [-0.05, 0) is 42.0 Å². The lowest BCUT2D eigenvalue weighted by atomic mass is 9.74. The SMILES string of the molecule is CC(C(=O)N1C[C@@H]2CC[C@H]([C@H]1C(=O)O)N2C(=O)C(c1ccccc1)c1ccccc1)(c1ccccc1)c1ccccc1. The Morgan fingerprint density at radius 1 is 0.714 bits per heavy atom. The smallest absolute Gasteiger partial charge is 0.328 e. The molecule has 6 nitrogen and oxygen atoms in total. The Hall–Kier alpha value is -4.71. The van der Waals surface area contributed by atoms with Gasteiger partial charge < -0.3 is 14.9 Å². The number of carbonyl (C=O) groups excluding carboxylic acids is 2. The monoisotopic (exact) mass is 558 g/mol. The van der Waals surface area contributed by atoms with Gasteiger partial charge in [0.05, 0.1) is 17.4 Å². The quantitative estimate of drug-likeness (QED) is 0.326. The van der Waals surface area contributed by atoms with E-state index in [1.807, 2.05) is 128 Å². The van der Waals surface area contributed by atoms with Gasteiger partial charge in [-0.15, -0.1) is 0 Å². The van der Waals surface area contributed by atoms with Gasteiger partial charge in [-0.3, -0.25) is 9.59 Å². The molecule has 2 bridgehead atoms. The molecule has 2 saturated heterocycles. The van der Waals surface area contributed by atoms with Crippen molar-refractivity contribution in [3.63, 3.8) is 0 Å². The molecule has 4 aromatic rings. The molecule has 42 heavy (non-hydrogen) atoms. The van der Waals surface area contributed by atoms with Crippen LogP contribution in [0.1, 0.15) is 47.9 Å². The number of aliphatic carboxylic acids is 1. The molecule has 2 fully saturated rings. The molecule has 212 valence electrons. The summed E-state index contributed by atoms with van der Waals surface area (Å²) >= 11 is 0. The molecule has 0 spiro atoms. The van der Waals surface area contributed by atoms with Crippen LogP contribution in [0.15, 0.2) is 121 Å². The number of rotatable bonds is 7. The molecule has 3 atom stereocenters. The number of carboxylic acid groups (broad SMARTS) is 1. The average Bonchev–Trinajstić information content (AvgIpc) is 3.34. The number of carbonyl (C=O) groups is 3. The van der Waals surface area contributed by atoms with Gasteiger partial charge in [0.1, 0.15) is 6.04 Å². The summed E-state index contributed by atoms with van der Waals surface area (Å²) in [7, 11) is 0. The second-order valence-corrected chi connectivity index (χ2v) is 11.4. The molecule has 2 heterocycles. The van der Waals surface area contributed by atoms with Gasteiger partial charge in [-0.2, -0.15) is 0 Å². The zero-order valence-corrected chi connectivity index (χ0v) is 23.5. The molecular weight excluding hydrogens is 524 g/mol. The lowest BCUT2D eigenvalue weighted by molar-refractivity contribution is -0.163. The molecule has 2 amide bonds. The Bertz CT molecular complexity index is 1480. The fourth-order valence-corrected chi connectivity index (χ4v) is 6.96. The van der Waals surface area contributed by atoms with Crippen LogP contribution in [0.5, 0.6) is 0 Å². The molecule has 6 heteroatoms. The van der Waals surface area contributed by atoms with Crippen molar-refractivity contribution in [2.45, 2.75) is 49.2 Å². The van der Waals surface area contributed by atoms with Gasteiger partial charge in [0.2, 0.25) is 11.8 Å². The van der Waals surface area contributed by atoms with Crippen molar-refractivity contribution in [2.75, 3.05) is 6.54 Å². The molecule has 4 aromatic carbocycles. The maximum Gasteiger partial charge on any atom is 0.328 e. The van der Waals surface area contributed by atoms with E-state index in [1.54, 1.807) is 4.90 Å². The lowest BCUT2D eigenvalue weighted by Gasteiger charge is -2.48. The van der Waals surface area contributed by atoms with Gasteiger partial charge in [0.15, 0.2) is 0 Å². The maximum atomic E-state index is 14.7. The van der Waals surface area contributed by atoms with E-state index < -0.39 is 29.4 Å². The first-order chi connectivity index (χ1) is 20.4. The number of hydrogen-bond donors (Lipinski definition) is 1. The van der Waals surface area contributed by atoms with Crippen LogP contribution in [0.2, 0.25) is 0 Å². The van der Waals surface area contributed by atoms with Crippen molar-refractivity contribution in [1.82, 2.24) is 9.80 Å². The summed E-state index contributed by atoms with van der Waals surface area (Å²) in [6, 6.07) is 36.3. The summed E-state index contributed by atoms with van der Waals surface area (Å²) in [6.07, 6.45) is 1.18. The predicted octanol–water partition coefficient (Wildman–Crippen LogP) is 5.48. The molecule has 0 aromatic heterocycles. The highest BCUT2D eigenvalue weighted by Gasteiger charge is 2.56. The van der Waals surface area contributed by atoms with E-state index in [0.717, 1.165) is 22.3 Å². The van der Waals surface area contributed by atoms with Crippen molar-refractivity contribution in [3.05, 3.63) is 144 Å². The summed E-state index contributed by atoms with van der Waals surface area (Å²) in [5.41, 5.74) is 2.21. The van der Waals surface area contributed by atoms with Crippen LogP contribution in [-0.2, 0) is 19.8 Å². The van der Waals surface area contributed by atoms with E-state index in [2.05, 4.69) is 0 Å². The van der Waals surface area contributed by atoms with Crippen LogP contribution in [0.25, 0.3) is 0 Å². The van der Waals surface area contributed by atoms with Crippen molar-refractivity contribution < 1.29 is 19.5 Å². The third-order valence-corrected chi connectivity index (χ3v) is 9.07. The summed E-state index contributed by atoms with van der Waals surface area (Å²) in [4.78, 5) is 45.5. The Balaban J connectivity index is 1.39. The number of benzene rings is 4.